The van der Waals surface area contributed by atoms with Crippen molar-refractivity contribution in [1.82, 2.24) is 10.3 Å². The highest BCUT2D eigenvalue weighted by Crippen LogP contribution is 2.38. The van der Waals surface area contributed by atoms with Gasteiger partial charge in [-0.1, -0.05) is 56.3 Å². The van der Waals surface area contributed by atoms with Crippen molar-refractivity contribution in [3.8, 4) is 16.2 Å². The number of aliphatic imine (C=N–C) groups is 1. The van der Waals surface area contributed by atoms with Gasteiger partial charge in [-0.25, -0.2) is 4.98 Å². The molecule has 54 heavy (non-hydrogen) atoms. The number of aryl methyl sites for hydroxylation is 1. The number of nitrogens with one attached hydrogen (secondary N) is 2. The fourth-order valence-electron chi connectivity index (χ4n) is 5.47. The molecule has 0 radical (unpaired) electrons. The molecular weight excluding hydrogens is 718 g/mol. The number of carbonyl (C=O) groups is 3. The van der Waals surface area contributed by atoms with Crippen LogP contribution in [0.25, 0.3) is 10.4 Å². The summed E-state index contributed by atoms with van der Waals surface area (Å²) in [5.41, 5.74) is 5.35. The van der Waals surface area contributed by atoms with Crippen LogP contribution >= 0.6 is 11.3 Å². The molecule has 4 aromatic rings. The monoisotopic (exact) mass is 766 g/mol. The van der Waals surface area contributed by atoms with Gasteiger partial charge < -0.3 is 24.9 Å². The van der Waals surface area contributed by atoms with Gasteiger partial charge in [-0.05, 0) is 93.1 Å². The van der Waals surface area contributed by atoms with Crippen molar-refractivity contribution in [1.29, 1.82) is 0 Å². The first-order chi connectivity index (χ1) is 25.8. The summed E-state index contributed by atoms with van der Waals surface area (Å²) in [6.07, 6.45) is 0.389. The van der Waals surface area contributed by atoms with E-state index in [1.807, 2.05) is 70.2 Å². The predicted octanol–water partition coefficient (Wildman–Crippen LogP) is 9.91. The second-order valence-electron chi connectivity index (χ2n) is 12.0. The molecule has 0 saturated heterocycles. The fourth-order valence-corrected chi connectivity index (χ4v) is 6.26. The molecule has 2 unspecified atom stereocenters. The first kappa shape index (κ1) is 44.9. The predicted molar refractivity (Wildman–Crippen MR) is 210 cm³/mol. The number of carbonyl (C=O) groups excluding carboxylic acids is 3. The molecule has 1 amide bonds. The van der Waals surface area contributed by atoms with Gasteiger partial charge in [0.25, 0.3) is 5.91 Å². The normalized spacial score (nSPS) is 11.6. The summed E-state index contributed by atoms with van der Waals surface area (Å²) in [4.78, 5) is 41.5. The molecule has 2 N–H and O–H groups in total. The average molecular weight is 767 g/mol. The lowest BCUT2D eigenvalue weighted by Crippen LogP contribution is -2.26. The van der Waals surface area contributed by atoms with Gasteiger partial charge in [0.05, 0.1) is 22.9 Å². The molecule has 13 heteroatoms. The standard InChI is InChI=1S/C35H38F3N3O4S.C5H9N.CH2O/c1-4-6-30(24-7-9-27(10-8-24)34(43)39-20-19-33(42)44-5-2)31(25-13-17-29(18-14-25)45-35(36,37)38)21-41-28-15-11-26(12-16-28)32-22-40-23(3)46-32;1-4-6-5(2)3;1-2/h7-18,22,30-31,41H,4-6,19-21H2,1-3H3,(H,39,43);4H,1H2,2-3H3;1H2. The van der Waals surface area contributed by atoms with Crippen LogP contribution in [0.4, 0.5) is 18.9 Å². The Morgan fingerprint density at radius 3 is 2.06 bits per heavy atom. The van der Waals surface area contributed by atoms with E-state index in [9.17, 15) is 22.8 Å². The van der Waals surface area contributed by atoms with Crippen molar-refractivity contribution >= 4 is 41.4 Å². The van der Waals surface area contributed by atoms with E-state index in [1.54, 1.807) is 42.5 Å². The van der Waals surface area contributed by atoms with Crippen molar-refractivity contribution in [3.63, 3.8) is 0 Å². The van der Waals surface area contributed by atoms with Gasteiger partial charge in [0.1, 0.15) is 12.5 Å². The molecule has 0 aliphatic carbocycles. The van der Waals surface area contributed by atoms with E-state index in [2.05, 4.69) is 38.8 Å². The molecule has 0 fully saturated rings. The summed E-state index contributed by atoms with van der Waals surface area (Å²) in [7, 11) is 0. The Kier molecular flexibility index (Phi) is 19.4. The van der Waals surface area contributed by atoms with Crippen LogP contribution in [0.3, 0.4) is 0 Å². The number of thiazole rings is 1. The van der Waals surface area contributed by atoms with E-state index in [1.165, 1.54) is 18.3 Å². The number of aromatic nitrogens is 1. The van der Waals surface area contributed by atoms with Crippen molar-refractivity contribution in [2.75, 3.05) is 25.0 Å². The Morgan fingerprint density at radius 2 is 1.56 bits per heavy atom. The summed E-state index contributed by atoms with van der Waals surface area (Å²) >= 11 is 1.63. The number of hydrogen-bond acceptors (Lipinski definition) is 9. The second-order valence-corrected chi connectivity index (χ2v) is 13.2. The first-order valence-electron chi connectivity index (χ1n) is 17.4. The zero-order chi connectivity index (χ0) is 40.1. The first-order valence-corrected chi connectivity index (χ1v) is 18.2. The van der Waals surface area contributed by atoms with Crippen LogP contribution in [0.15, 0.2) is 96.8 Å². The van der Waals surface area contributed by atoms with Crippen LogP contribution in [-0.2, 0) is 14.3 Å². The summed E-state index contributed by atoms with van der Waals surface area (Å²) < 4.78 is 47.5. The number of esters is 1. The number of alkyl halides is 3. The molecule has 0 saturated carbocycles. The molecule has 2 atom stereocenters. The molecule has 0 spiro atoms. The molecule has 1 heterocycles. The summed E-state index contributed by atoms with van der Waals surface area (Å²) in [6.45, 7) is 16.0. The van der Waals surface area contributed by atoms with Crippen LogP contribution in [-0.4, -0.2) is 55.4 Å². The third-order valence-corrected chi connectivity index (χ3v) is 8.78. The van der Waals surface area contributed by atoms with E-state index >= 15 is 0 Å². The molecule has 1 aromatic heterocycles. The van der Waals surface area contributed by atoms with Crippen LogP contribution in [0.1, 0.15) is 85.3 Å². The van der Waals surface area contributed by atoms with E-state index < -0.39 is 6.36 Å². The topological polar surface area (TPSA) is 119 Å². The lowest BCUT2D eigenvalue weighted by molar-refractivity contribution is -0.274. The number of halogens is 3. The fraction of sp³-hybridized carbons (Fsp3) is 0.341. The molecule has 0 bridgehead atoms. The third-order valence-electron chi connectivity index (χ3n) is 7.81. The summed E-state index contributed by atoms with van der Waals surface area (Å²) in [5, 5.41) is 7.27. The second kappa shape index (κ2) is 23.4. The Morgan fingerprint density at radius 1 is 0.944 bits per heavy atom. The van der Waals surface area contributed by atoms with Crippen molar-refractivity contribution in [3.05, 3.63) is 113 Å². The number of anilines is 1. The van der Waals surface area contributed by atoms with Gasteiger partial charge in [-0.2, -0.15) is 0 Å². The van der Waals surface area contributed by atoms with Gasteiger partial charge in [0.2, 0.25) is 0 Å². The van der Waals surface area contributed by atoms with Gasteiger partial charge in [-0.3, -0.25) is 14.6 Å². The smallest absolute Gasteiger partial charge is 0.466 e. The Bertz CT molecular complexity index is 1760. The maximum absolute atomic E-state index is 12.8. The van der Waals surface area contributed by atoms with Crippen LogP contribution in [0.5, 0.6) is 5.75 Å². The molecule has 9 nitrogen and oxygen atoms in total. The molecular formula is C41H49F3N4O5S. The molecule has 0 aliphatic heterocycles. The number of nitrogens with zero attached hydrogens (tertiary/aromatic N) is 2. The van der Waals surface area contributed by atoms with Crippen LogP contribution in [0.2, 0.25) is 0 Å². The van der Waals surface area contributed by atoms with Crippen LogP contribution in [0, 0.1) is 6.92 Å². The number of hydrogen-bond donors (Lipinski definition) is 2. The number of ether oxygens (including phenoxy) is 2. The molecule has 290 valence electrons. The lowest BCUT2D eigenvalue weighted by Gasteiger charge is -2.29. The summed E-state index contributed by atoms with van der Waals surface area (Å²) in [6, 6.07) is 21.5. The Hall–Kier alpha value is -5.30. The number of rotatable bonds is 16. The van der Waals surface area contributed by atoms with Gasteiger partial charge in [0.15, 0.2) is 0 Å². The van der Waals surface area contributed by atoms with Gasteiger partial charge >= 0.3 is 12.3 Å². The van der Waals surface area contributed by atoms with E-state index in [4.69, 9.17) is 9.53 Å². The highest BCUT2D eigenvalue weighted by molar-refractivity contribution is 7.15. The SMILES string of the molecule is C=CN=C(C)C.C=O.CCCC(c1ccc(C(=O)NCCC(=O)OCC)cc1)C(CNc1ccc(-c2cnc(C)s2)cc1)c1ccc(OC(F)(F)F)cc1. The Balaban J connectivity index is 0.00000115. The maximum Gasteiger partial charge on any atom is 0.573 e. The zero-order valence-electron chi connectivity index (χ0n) is 31.4. The van der Waals surface area contributed by atoms with Crippen molar-refractivity contribution < 1.29 is 37.0 Å². The van der Waals surface area contributed by atoms with E-state index in [0.717, 1.165) is 50.8 Å². The average Bonchev–Trinajstić information content (AvgIpc) is 3.58. The minimum Gasteiger partial charge on any atom is -0.466 e. The quantitative estimate of drug-likeness (QED) is 0.0861. The highest BCUT2D eigenvalue weighted by Gasteiger charge is 2.31. The van der Waals surface area contributed by atoms with Crippen molar-refractivity contribution in [2.45, 2.75) is 72.1 Å². The minimum absolute atomic E-state index is 0.00717. The summed E-state index contributed by atoms with van der Waals surface area (Å²) in [5.74, 6) is -1.07. The molecule has 3 aromatic carbocycles. The molecule has 0 aliphatic rings. The largest absolute Gasteiger partial charge is 0.573 e. The minimum atomic E-state index is -4.77. The third kappa shape index (κ3) is 15.7. The van der Waals surface area contributed by atoms with Crippen molar-refractivity contribution in [2.24, 2.45) is 4.99 Å². The van der Waals surface area contributed by atoms with E-state index in [0.29, 0.717) is 12.1 Å². The Labute approximate surface area is 319 Å². The highest BCUT2D eigenvalue weighted by atomic mass is 32.1. The van der Waals surface area contributed by atoms with Gasteiger partial charge in [-0.15, -0.1) is 24.5 Å². The number of benzene rings is 3. The molecule has 4 rings (SSSR count). The maximum atomic E-state index is 12.8. The zero-order valence-corrected chi connectivity index (χ0v) is 32.2. The number of amides is 1. The van der Waals surface area contributed by atoms with E-state index in [-0.39, 0.29) is 49.0 Å². The van der Waals surface area contributed by atoms with Crippen LogP contribution < -0.4 is 15.4 Å². The van der Waals surface area contributed by atoms with Gasteiger partial charge in [0, 0.05) is 48.4 Å². The lowest BCUT2D eigenvalue weighted by atomic mass is 9.78.